The number of amides is 2. The number of nitrogen functional groups attached to an aromatic ring is 1. The Morgan fingerprint density at radius 1 is 1.32 bits per heavy atom. The molecule has 3 rings (SSSR count). The van der Waals surface area contributed by atoms with Gasteiger partial charge in [0.1, 0.15) is 4.88 Å². The van der Waals surface area contributed by atoms with E-state index in [0.29, 0.717) is 19.0 Å². The van der Waals surface area contributed by atoms with Crippen LogP contribution in [-0.4, -0.2) is 22.7 Å². The van der Waals surface area contributed by atoms with Crippen LogP contribution in [-0.2, 0) is 6.54 Å². The first-order valence-electron chi connectivity index (χ1n) is 6.99. The molecule has 0 atom stereocenters. The summed E-state index contributed by atoms with van der Waals surface area (Å²) in [5, 5.41) is 7.54. The number of hydrogen-bond donors (Lipinski definition) is 3. The van der Waals surface area contributed by atoms with Gasteiger partial charge in [-0.25, -0.2) is 0 Å². The second-order valence-corrected chi connectivity index (χ2v) is 7.00. The lowest BCUT2D eigenvalue weighted by Crippen LogP contribution is -2.27. The summed E-state index contributed by atoms with van der Waals surface area (Å²) in [4.78, 5) is 25.5. The smallest absolute Gasteiger partial charge is 0.273 e. The highest BCUT2D eigenvalue weighted by Gasteiger charge is 2.25. The van der Waals surface area contributed by atoms with Gasteiger partial charge in [-0.3, -0.25) is 9.59 Å². The van der Waals surface area contributed by atoms with E-state index in [4.69, 9.17) is 5.73 Å². The maximum atomic E-state index is 12.1. The van der Waals surface area contributed by atoms with Gasteiger partial charge in [-0.1, -0.05) is 6.07 Å². The molecular formula is C14H16N4O2S2. The van der Waals surface area contributed by atoms with Gasteiger partial charge >= 0.3 is 0 Å². The topological polar surface area (TPSA) is 97.1 Å². The number of nitrogens with zero attached hydrogens (tertiary/aromatic N) is 1. The van der Waals surface area contributed by atoms with Gasteiger partial charge < -0.3 is 16.4 Å². The van der Waals surface area contributed by atoms with Gasteiger partial charge in [-0.05, 0) is 41.7 Å². The Bertz CT molecular complexity index is 677. The molecule has 0 aromatic carbocycles. The standard InChI is InChI=1S/C14H16N4O2S2/c15-10-11(13(19)16-6-8-3-4-8)18-22-12(10)14(20)17-7-9-2-1-5-21-9/h1-2,5,8H,3-4,6-7,15H2,(H,16,19)(H,17,20). The molecule has 1 fully saturated rings. The van der Waals surface area contributed by atoms with E-state index in [-0.39, 0.29) is 28.1 Å². The maximum absolute atomic E-state index is 12.1. The number of thiophene rings is 1. The molecule has 8 heteroatoms. The number of nitrogens with two attached hydrogens (primary N) is 1. The Morgan fingerprint density at radius 3 is 2.82 bits per heavy atom. The number of anilines is 1. The van der Waals surface area contributed by atoms with Gasteiger partial charge in [0, 0.05) is 11.4 Å². The fraction of sp³-hybridized carbons (Fsp3) is 0.357. The van der Waals surface area contributed by atoms with Crippen LogP contribution in [0.1, 0.15) is 37.9 Å². The summed E-state index contributed by atoms with van der Waals surface area (Å²) < 4.78 is 4.03. The van der Waals surface area contributed by atoms with Crippen molar-refractivity contribution < 1.29 is 9.59 Å². The summed E-state index contributed by atoms with van der Waals surface area (Å²) in [6.45, 7) is 1.09. The molecule has 1 aliphatic rings. The molecule has 2 heterocycles. The summed E-state index contributed by atoms with van der Waals surface area (Å²) in [5.74, 6) is -0.0278. The molecule has 0 spiro atoms. The Labute approximate surface area is 135 Å². The molecule has 6 nitrogen and oxygen atoms in total. The molecule has 2 aromatic heterocycles. The third-order valence-electron chi connectivity index (χ3n) is 3.40. The molecule has 0 unspecified atom stereocenters. The van der Waals surface area contributed by atoms with Crippen molar-refractivity contribution in [3.8, 4) is 0 Å². The average molecular weight is 336 g/mol. The molecule has 0 saturated heterocycles. The number of carbonyl (C=O) groups excluding carboxylic acids is 2. The second-order valence-electron chi connectivity index (χ2n) is 5.19. The van der Waals surface area contributed by atoms with Crippen LogP contribution >= 0.6 is 22.9 Å². The van der Waals surface area contributed by atoms with Gasteiger partial charge in [-0.2, -0.15) is 4.37 Å². The van der Waals surface area contributed by atoms with Gasteiger partial charge in [0.15, 0.2) is 5.69 Å². The number of hydrogen-bond acceptors (Lipinski definition) is 6. The fourth-order valence-corrected chi connectivity index (χ4v) is 3.29. The van der Waals surface area contributed by atoms with Crippen LogP contribution in [0.4, 0.5) is 5.69 Å². The molecule has 0 bridgehead atoms. The predicted octanol–water partition coefficient (Wildman–Crippen LogP) is 1.86. The molecule has 2 aromatic rings. The lowest BCUT2D eigenvalue weighted by Gasteiger charge is -2.04. The van der Waals surface area contributed by atoms with Gasteiger partial charge in [0.25, 0.3) is 11.8 Å². The molecule has 1 saturated carbocycles. The highest BCUT2D eigenvalue weighted by molar-refractivity contribution is 7.10. The molecule has 1 aliphatic carbocycles. The van der Waals surface area contributed by atoms with Crippen molar-refractivity contribution in [2.45, 2.75) is 19.4 Å². The van der Waals surface area contributed by atoms with E-state index in [9.17, 15) is 9.59 Å². The minimum absolute atomic E-state index is 0.145. The number of aromatic nitrogens is 1. The largest absolute Gasteiger partial charge is 0.395 e. The molecule has 2 amide bonds. The van der Waals surface area contributed by atoms with Gasteiger partial charge in [-0.15, -0.1) is 11.3 Å². The second kappa shape index (κ2) is 6.45. The lowest BCUT2D eigenvalue weighted by molar-refractivity contribution is 0.0947. The van der Waals surface area contributed by atoms with Crippen LogP contribution in [0.2, 0.25) is 0 Å². The van der Waals surface area contributed by atoms with Gasteiger partial charge in [0.2, 0.25) is 0 Å². The minimum atomic E-state index is -0.307. The first-order valence-corrected chi connectivity index (χ1v) is 8.64. The molecule has 4 N–H and O–H groups in total. The third kappa shape index (κ3) is 3.45. The highest BCUT2D eigenvalue weighted by atomic mass is 32.1. The van der Waals surface area contributed by atoms with Crippen LogP contribution in [0.5, 0.6) is 0 Å². The van der Waals surface area contributed by atoms with E-state index in [1.165, 1.54) is 0 Å². The van der Waals surface area contributed by atoms with Crippen molar-refractivity contribution in [1.82, 2.24) is 15.0 Å². The minimum Gasteiger partial charge on any atom is -0.395 e. The molecule has 0 radical (unpaired) electrons. The monoisotopic (exact) mass is 336 g/mol. The van der Waals surface area contributed by atoms with Crippen LogP contribution < -0.4 is 16.4 Å². The van der Waals surface area contributed by atoms with Crippen LogP contribution in [0.15, 0.2) is 17.5 Å². The van der Waals surface area contributed by atoms with Crippen molar-refractivity contribution in [2.75, 3.05) is 12.3 Å². The van der Waals surface area contributed by atoms with Crippen molar-refractivity contribution in [1.29, 1.82) is 0 Å². The van der Waals surface area contributed by atoms with Gasteiger partial charge in [0.05, 0.1) is 12.2 Å². The maximum Gasteiger partial charge on any atom is 0.273 e. The summed E-state index contributed by atoms with van der Waals surface area (Å²) >= 11 is 2.52. The Balaban J connectivity index is 1.61. The van der Waals surface area contributed by atoms with E-state index in [0.717, 1.165) is 29.3 Å². The first kappa shape index (κ1) is 15.0. The first-order chi connectivity index (χ1) is 10.6. The number of rotatable bonds is 6. The number of nitrogens with one attached hydrogen (secondary N) is 2. The van der Waals surface area contributed by atoms with Crippen molar-refractivity contribution in [2.24, 2.45) is 5.92 Å². The van der Waals surface area contributed by atoms with Crippen LogP contribution in [0.25, 0.3) is 0 Å². The van der Waals surface area contributed by atoms with E-state index >= 15 is 0 Å². The molecule has 22 heavy (non-hydrogen) atoms. The van der Waals surface area contributed by atoms with E-state index in [1.54, 1.807) is 11.3 Å². The van der Waals surface area contributed by atoms with E-state index < -0.39 is 0 Å². The fourth-order valence-electron chi connectivity index (χ4n) is 1.93. The average Bonchev–Trinajstić information content (AvgIpc) is 3.03. The molecule has 0 aliphatic heterocycles. The zero-order chi connectivity index (χ0) is 15.5. The highest BCUT2D eigenvalue weighted by Crippen LogP contribution is 2.28. The van der Waals surface area contributed by atoms with E-state index in [2.05, 4.69) is 15.0 Å². The SMILES string of the molecule is Nc1c(C(=O)NCC2CC2)nsc1C(=O)NCc1cccs1. The molecular weight excluding hydrogens is 320 g/mol. The Hall–Kier alpha value is -1.93. The number of carbonyl (C=O) groups is 2. The zero-order valence-electron chi connectivity index (χ0n) is 11.8. The summed E-state index contributed by atoms with van der Waals surface area (Å²) in [7, 11) is 0. The summed E-state index contributed by atoms with van der Waals surface area (Å²) in [6.07, 6.45) is 2.31. The Morgan fingerprint density at radius 2 is 2.14 bits per heavy atom. The predicted molar refractivity (Wildman–Crippen MR) is 87.1 cm³/mol. The normalized spacial score (nSPS) is 13.8. The lowest BCUT2D eigenvalue weighted by atomic mass is 10.2. The van der Waals surface area contributed by atoms with Crippen LogP contribution in [0.3, 0.4) is 0 Å². The van der Waals surface area contributed by atoms with Crippen molar-refractivity contribution in [3.05, 3.63) is 33.0 Å². The van der Waals surface area contributed by atoms with E-state index in [1.807, 2.05) is 17.5 Å². The summed E-state index contributed by atoms with van der Waals surface area (Å²) in [5.41, 5.74) is 6.20. The van der Waals surface area contributed by atoms with Crippen molar-refractivity contribution >= 4 is 40.4 Å². The van der Waals surface area contributed by atoms with Crippen molar-refractivity contribution in [3.63, 3.8) is 0 Å². The summed E-state index contributed by atoms with van der Waals surface area (Å²) in [6, 6.07) is 3.87. The molecule has 116 valence electrons. The zero-order valence-corrected chi connectivity index (χ0v) is 13.4. The van der Waals surface area contributed by atoms with Crippen LogP contribution in [0, 0.1) is 5.92 Å². The quantitative estimate of drug-likeness (QED) is 0.750. The third-order valence-corrected chi connectivity index (χ3v) is 5.14. The Kier molecular flexibility index (Phi) is 4.39.